The summed E-state index contributed by atoms with van der Waals surface area (Å²) >= 11 is 1.86. The van der Waals surface area contributed by atoms with Crippen LogP contribution in [-0.4, -0.2) is 36.6 Å². The predicted molar refractivity (Wildman–Crippen MR) is 87.0 cm³/mol. The Morgan fingerprint density at radius 3 is 2.53 bits per heavy atom. The van der Waals surface area contributed by atoms with Crippen molar-refractivity contribution in [3.63, 3.8) is 0 Å². The van der Waals surface area contributed by atoms with Gasteiger partial charge < -0.3 is 10.2 Å². The summed E-state index contributed by atoms with van der Waals surface area (Å²) in [6.45, 7) is 13.6. The third kappa shape index (κ3) is 6.55. The first-order valence-corrected chi connectivity index (χ1v) is 8.15. The molecule has 19 heavy (non-hydrogen) atoms. The van der Waals surface area contributed by atoms with Crippen molar-refractivity contribution in [3.8, 4) is 0 Å². The van der Waals surface area contributed by atoms with Gasteiger partial charge in [0.15, 0.2) is 0 Å². The highest BCUT2D eigenvalue weighted by Crippen LogP contribution is 2.13. The van der Waals surface area contributed by atoms with Crippen LogP contribution in [-0.2, 0) is 6.42 Å². The molecule has 0 saturated carbocycles. The first-order chi connectivity index (χ1) is 8.79. The molecule has 1 aromatic rings. The fraction of sp³-hybridized carbons (Fsp3) is 0.750. The molecule has 1 heterocycles. The highest BCUT2D eigenvalue weighted by atomic mass is 32.1. The van der Waals surface area contributed by atoms with E-state index >= 15 is 0 Å². The topological polar surface area (TPSA) is 15.3 Å². The molecule has 0 aliphatic heterocycles. The lowest BCUT2D eigenvalue weighted by molar-refractivity contribution is 0.191. The van der Waals surface area contributed by atoms with Gasteiger partial charge in [0.2, 0.25) is 0 Å². The fourth-order valence-electron chi connectivity index (χ4n) is 2.02. The molecule has 0 amide bonds. The third-order valence-electron chi connectivity index (χ3n) is 3.76. The second-order valence-corrected chi connectivity index (χ2v) is 7.69. The molecule has 3 heteroatoms. The van der Waals surface area contributed by atoms with Gasteiger partial charge in [-0.1, -0.05) is 13.0 Å². The molecule has 0 saturated heterocycles. The molecule has 0 spiro atoms. The number of thiophene rings is 1. The smallest absolute Gasteiger partial charge is 0.0102 e. The molecule has 2 nitrogen and oxygen atoms in total. The van der Waals surface area contributed by atoms with E-state index in [1.165, 1.54) is 4.88 Å². The zero-order valence-electron chi connectivity index (χ0n) is 13.4. The second-order valence-electron chi connectivity index (χ2n) is 6.66. The van der Waals surface area contributed by atoms with Crippen LogP contribution in [0, 0.1) is 5.92 Å². The summed E-state index contributed by atoms with van der Waals surface area (Å²) < 4.78 is 0. The van der Waals surface area contributed by atoms with E-state index in [0.29, 0.717) is 12.0 Å². The molecule has 0 bridgehead atoms. The Labute approximate surface area is 123 Å². The molecular formula is C16H30N2S. The summed E-state index contributed by atoms with van der Waals surface area (Å²) in [5.74, 6) is 0.660. The van der Waals surface area contributed by atoms with Gasteiger partial charge >= 0.3 is 0 Å². The predicted octanol–water partition coefficient (Wildman–Crippen LogP) is 3.64. The number of hydrogen-bond acceptors (Lipinski definition) is 3. The molecule has 1 rings (SSSR count). The minimum Gasteiger partial charge on any atom is -0.312 e. The van der Waals surface area contributed by atoms with Crippen LogP contribution in [0.15, 0.2) is 17.5 Å². The molecule has 1 N–H and O–H groups in total. The minimum atomic E-state index is 0.212. The van der Waals surface area contributed by atoms with Crippen molar-refractivity contribution >= 4 is 11.3 Å². The van der Waals surface area contributed by atoms with Gasteiger partial charge in [0.25, 0.3) is 0 Å². The van der Waals surface area contributed by atoms with Crippen LogP contribution in [0.2, 0.25) is 0 Å². The Hall–Kier alpha value is -0.380. The summed E-state index contributed by atoms with van der Waals surface area (Å²) in [7, 11) is 2.24. The molecule has 110 valence electrons. The number of nitrogens with one attached hydrogen (secondary N) is 1. The van der Waals surface area contributed by atoms with Crippen molar-refractivity contribution in [1.29, 1.82) is 0 Å². The van der Waals surface area contributed by atoms with Crippen LogP contribution >= 0.6 is 11.3 Å². The van der Waals surface area contributed by atoms with Crippen LogP contribution in [0.5, 0.6) is 0 Å². The maximum Gasteiger partial charge on any atom is 0.0102 e. The van der Waals surface area contributed by atoms with Crippen molar-refractivity contribution < 1.29 is 0 Å². The Balaban J connectivity index is 2.32. The van der Waals surface area contributed by atoms with Gasteiger partial charge in [0.1, 0.15) is 0 Å². The SMILES string of the molecule is CC(CNC(C)(C)C)C(C)N(C)CCc1cccs1. The number of likely N-dealkylation sites (N-methyl/N-ethyl adjacent to an activating group) is 1. The summed E-state index contributed by atoms with van der Waals surface area (Å²) in [5, 5.41) is 5.76. The van der Waals surface area contributed by atoms with E-state index in [-0.39, 0.29) is 5.54 Å². The highest BCUT2D eigenvalue weighted by molar-refractivity contribution is 7.09. The normalized spacial score (nSPS) is 15.7. The summed E-state index contributed by atoms with van der Waals surface area (Å²) in [5.41, 5.74) is 0.212. The monoisotopic (exact) mass is 282 g/mol. The highest BCUT2D eigenvalue weighted by Gasteiger charge is 2.19. The van der Waals surface area contributed by atoms with Crippen LogP contribution < -0.4 is 5.32 Å². The van der Waals surface area contributed by atoms with Gasteiger partial charge in [0.05, 0.1) is 0 Å². The molecule has 1 aromatic heterocycles. The van der Waals surface area contributed by atoms with Crippen molar-refractivity contribution in [1.82, 2.24) is 10.2 Å². The van der Waals surface area contributed by atoms with Crippen LogP contribution in [0.25, 0.3) is 0 Å². The maximum atomic E-state index is 3.60. The van der Waals surface area contributed by atoms with Gasteiger partial charge in [-0.05, 0) is 65.1 Å². The van der Waals surface area contributed by atoms with Gasteiger partial charge in [-0.2, -0.15) is 0 Å². The lowest BCUT2D eigenvalue weighted by Crippen LogP contribution is -2.44. The molecule has 0 aliphatic rings. The summed E-state index contributed by atoms with van der Waals surface area (Å²) in [6.07, 6.45) is 1.16. The third-order valence-corrected chi connectivity index (χ3v) is 4.70. The van der Waals surface area contributed by atoms with E-state index in [0.717, 1.165) is 19.5 Å². The first-order valence-electron chi connectivity index (χ1n) is 7.27. The van der Waals surface area contributed by atoms with Crippen LogP contribution in [0.4, 0.5) is 0 Å². The van der Waals surface area contributed by atoms with Crippen molar-refractivity contribution in [2.24, 2.45) is 5.92 Å². The number of nitrogens with zero attached hydrogens (tertiary/aromatic N) is 1. The summed E-state index contributed by atoms with van der Waals surface area (Å²) in [4.78, 5) is 3.97. The van der Waals surface area contributed by atoms with E-state index in [1.54, 1.807) is 0 Å². The van der Waals surface area contributed by atoms with E-state index in [1.807, 2.05) is 11.3 Å². The molecule has 0 radical (unpaired) electrons. The maximum absolute atomic E-state index is 3.60. The standard InChI is InChI=1S/C16H30N2S/c1-13(12-17-16(3,4)5)14(2)18(6)10-9-15-8-7-11-19-15/h7-8,11,13-14,17H,9-10,12H2,1-6H3. The van der Waals surface area contributed by atoms with E-state index in [4.69, 9.17) is 0 Å². The van der Waals surface area contributed by atoms with Crippen molar-refractivity contribution in [3.05, 3.63) is 22.4 Å². The minimum absolute atomic E-state index is 0.212. The Kier molecular flexibility index (Phi) is 6.51. The lowest BCUT2D eigenvalue weighted by atomic mass is 10.00. The quantitative estimate of drug-likeness (QED) is 0.821. The van der Waals surface area contributed by atoms with Gasteiger partial charge in [-0.15, -0.1) is 11.3 Å². The van der Waals surface area contributed by atoms with E-state index < -0.39 is 0 Å². The molecule has 2 atom stereocenters. The van der Waals surface area contributed by atoms with Gasteiger partial charge in [-0.25, -0.2) is 0 Å². The molecule has 2 unspecified atom stereocenters. The lowest BCUT2D eigenvalue weighted by Gasteiger charge is -2.32. The molecular weight excluding hydrogens is 252 g/mol. The molecule has 0 aromatic carbocycles. The van der Waals surface area contributed by atoms with E-state index in [2.05, 4.69) is 69.4 Å². The van der Waals surface area contributed by atoms with Crippen LogP contribution in [0.3, 0.4) is 0 Å². The molecule has 0 fully saturated rings. The van der Waals surface area contributed by atoms with Gasteiger partial charge in [-0.3, -0.25) is 0 Å². The Bertz CT molecular complexity index is 340. The first kappa shape index (κ1) is 16.7. The van der Waals surface area contributed by atoms with E-state index in [9.17, 15) is 0 Å². The second kappa shape index (κ2) is 7.41. The zero-order valence-corrected chi connectivity index (χ0v) is 14.2. The van der Waals surface area contributed by atoms with Crippen molar-refractivity contribution in [2.45, 2.75) is 52.6 Å². The van der Waals surface area contributed by atoms with Gasteiger partial charge in [0, 0.05) is 23.0 Å². The largest absolute Gasteiger partial charge is 0.312 e. The number of hydrogen-bond donors (Lipinski definition) is 1. The Morgan fingerprint density at radius 2 is 2.00 bits per heavy atom. The fourth-order valence-corrected chi connectivity index (χ4v) is 2.72. The van der Waals surface area contributed by atoms with Crippen molar-refractivity contribution in [2.75, 3.05) is 20.1 Å². The number of rotatable bonds is 7. The average Bonchev–Trinajstić information content (AvgIpc) is 2.84. The molecule has 0 aliphatic carbocycles. The Morgan fingerprint density at radius 1 is 1.32 bits per heavy atom. The zero-order chi connectivity index (χ0) is 14.5. The average molecular weight is 282 g/mol. The summed E-state index contributed by atoms with van der Waals surface area (Å²) in [6, 6.07) is 4.97. The van der Waals surface area contributed by atoms with Crippen LogP contribution in [0.1, 0.15) is 39.5 Å².